The molecule has 3 aromatic rings. The summed E-state index contributed by atoms with van der Waals surface area (Å²) in [5.74, 6) is -0.411. The number of primary amides is 1. The van der Waals surface area contributed by atoms with E-state index < -0.39 is 11.4 Å². The van der Waals surface area contributed by atoms with Crippen LogP contribution in [0.15, 0.2) is 30.7 Å². The average molecular weight is 562 g/mol. The second kappa shape index (κ2) is 9.75. The first kappa shape index (κ1) is 25.8. The van der Waals surface area contributed by atoms with Crippen LogP contribution in [-0.2, 0) is 11.2 Å². The second-order valence-corrected chi connectivity index (χ2v) is 11.5. The number of ether oxygens (including phenoxy) is 1. The van der Waals surface area contributed by atoms with E-state index in [0.717, 1.165) is 43.6 Å². The molecule has 5 atom stereocenters. The van der Waals surface area contributed by atoms with Gasteiger partial charge in [0.1, 0.15) is 11.5 Å². The van der Waals surface area contributed by atoms with Crippen LogP contribution in [-0.4, -0.2) is 86.2 Å². The van der Waals surface area contributed by atoms with Crippen molar-refractivity contribution in [2.24, 2.45) is 17.6 Å². The summed E-state index contributed by atoms with van der Waals surface area (Å²) >= 11 is 0. The summed E-state index contributed by atoms with van der Waals surface area (Å²) in [6.45, 7) is 2.29. The topological polar surface area (TPSA) is 155 Å². The van der Waals surface area contributed by atoms with Crippen molar-refractivity contribution in [2.75, 3.05) is 31.6 Å². The molecule has 2 saturated heterocycles. The number of nitrogens with zero attached hydrogens (tertiary/aromatic N) is 6. The number of halogens is 1. The number of piperazine rings is 1. The van der Waals surface area contributed by atoms with Crippen LogP contribution < -0.4 is 20.7 Å². The van der Waals surface area contributed by atoms with E-state index in [1.165, 1.54) is 19.2 Å². The van der Waals surface area contributed by atoms with Crippen molar-refractivity contribution in [1.29, 1.82) is 0 Å². The maximum atomic E-state index is 14.5. The zero-order chi connectivity index (χ0) is 28.3. The number of fused-ring (bicyclic) bond motifs is 1. The summed E-state index contributed by atoms with van der Waals surface area (Å²) in [6.07, 6.45) is 8.32. The molecule has 214 valence electrons. The van der Waals surface area contributed by atoms with Gasteiger partial charge in [-0.05, 0) is 37.7 Å². The third-order valence-corrected chi connectivity index (χ3v) is 9.18. The number of amides is 2. The molecule has 12 nitrogen and oxygen atoms in total. The first-order valence-electron chi connectivity index (χ1n) is 14.0. The van der Waals surface area contributed by atoms with Crippen LogP contribution in [0, 0.1) is 17.7 Å². The fourth-order valence-corrected chi connectivity index (χ4v) is 6.77. The molecule has 2 aliphatic heterocycles. The van der Waals surface area contributed by atoms with Crippen LogP contribution in [0.2, 0.25) is 0 Å². The monoisotopic (exact) mass is 561 g/mol. The highest BCUT2D eigenvalue weighted by Crippen LogP contribution is 2.56. The fourth-order valence-electron chi connectivity index (χ4n) is 6.77. The van der Waals surface area contributed by atoms with Gasteiger partial charge >= 0.3 is 0 Å². The maximum Gasteiger partial charge on any atom is 0.272 e. The zero-order valence-corrected chi connectivity index (χ0v) is 22.7. The molecule has 5 heterocycles. The van der Waals surface area contributed by atoms with Gasteiger partial charge in [-0.1, -0.05) is 0 Å². The lowest BCUT2D eigenvalue weighted by Gasteiger charge is -2.40. The van der Waals surface area contributed by atoms with Gasteiger partial charge in [-0.25, -0.2) is 19.3 Å². The largest absolute Gasteiger partial charge is 0.481 e. The lowest BCUT2D eigenvalue weighted by atomic mass is 9.86. The van der Waals surface area contributed by atoms with Crippen molar-refractivity contribution in [2.45, 2.75) is 49.7 Å². The Kier molecular flexibility index (Phi) is 6.14. The van der Waals surface area contributed by atoms with Crippen molar-refractivity contribution < 1.29 is 18.7 Å². The molecule has 4 N–H and O–H groups in total. The normalized spacial score (nSPS) is 28.3. The van der Waals surface area contributed by atoms with Crippen molar-refractivity contribution >= 4 is 17.5 Å². The molecule has 3 unspecified atom stereocenters. The van der Waals surface area contributed by atoms with Crippen molar-refractivity contribution in [3.63, 3.8) is 0 Å². The predicted molar refractivity (Wildman–Crippen MR) is 145 cm³/mol. The SMILES string of the molecule is COc1cc(-c2cc(C(=O)N3CCC(C(N)=O)CC34CC4Cc3ncc(N4CCN[C@H]5C[C@H]54)cn3)[nH]n2)c(F)cn1. The second-order valence-electron chi connectivity index (χ2n) is 11.5. The van der Waals surface area contributed by atoms with E-state index in [4.69, 9.17) is 10.5 Å². The number of aromatic amines is 1. The van der Waals surface area contributed by atoms with Crippen molar-refractivity contribution in [3.8, 4) is 17.1 Å². The smallest absolute Gasteiger partial charge is 0.272 e. The summed E-state index contributed by atoms with van der Waals surface area (Å²) in [6, 6.07) is 4.07. The number of hydrogen-bond donors (Lipinski definition) is 3. The quantitative estimate of drug-likeness (QED) is 0.387. The molecule has 4 aliphatic rings. The molecular weight excluding hydrogens is 529 g/mol. The Hall–Kier alpha value is -4.13. The van der Waals surface area contributed by atoms with Gasteiger partial charge in [0.25, 0.3) is 5.91 Å². The molecule has 2 aliphatic carbocycles. The van der Waals surface area contributed by atoms with E-state index in [1.807, 2.05) is 17.3 Å². The van der Waals surface area contributed by atoms with Crippen molar-refractivity contribution in [3.05, 3.63) is 48.1 Å². The van der Waals surface area contributed by atoms with Crippen LogP contribution >= 0.6 is 0 Å². The highest BCUT2D eigenvalue weighted by Gasteiger charge is 2.62. The standard InChI is InChI=1S/C28H32FN9O3/c1-41-25-7-18(19(29)14-34-25)20-8-22(36-35-20)27(40)38-4-2-15(26(30)39)10-28(38)11-16(28)6-24-32-12-17(13-33-24)37-5-3-31-21-9-23(21)37/h7-8,12-16,21,23,31H,2-6,9-11H2,1H3,(H2,30,39)(H,35,36)/t15?,16?,21-,23+,28?/m0/s1. The van der Waals surface area contributed by atoms with E-state index in [0.29, 0.717) is 37.9 Å². The molecule has 0 aromatic carbocycles. The molecular formula is C28H32FN9O3. The molecule has 1 spiro atoms. The lowest BCUT2D eigenvalue weighted by Crippen LogP contribution is -2.51. The van der Waals surface area contributed by atoms with Crippen molar-refractivity contribution in [1.82, 2.24) is 35.4 Å². The van der Waals surface area contributed by atoms with Gasteiger partial charge < -0.3 is 25.6 Å². The Labute approximate surface area is 235 Å². The first-order chi connectivity index (χ1) is 19.9. The number of hydrogen-bond acceptors (Lipinski definition) is 9. The Morgan fingerprint density at radius 1 is 1.17 bits per heavy atom. The summed E-state index contributed by atoms with van der Waals surface area (Å²) in [7, 11) is 1.44. The Morgan fingerprint density at radius 2 is 2.00 bits per heavy atom. The molecule has 3 aromatic heterocycles. The summed E-state index contributed by atoms with van der Waals surface area (Å²) in [5.41, 5.74) is 6.92. The van der Waals surface area contributed by atoms with E-state index in [1.54, 1.807) is 0 Å². The molecule has 2 amide bonds. The number of likely N-dealkylation sites (tertiary alicyclic amines) is 1. The number of nitrogens with one attached hydrogen (secondary N) is 2. The van der Waals surface area contributed by atoms with Crippen LogP contribution in [0.3, 0.4) is 0 Å². The van der Waals surface area contributed by atoms with Crippen LogP contribution in [0.5, 0.6) is 5.88 Å². The number of rotatable bonds is 7. The van der Waals surface area contributed by atoms with Crippen LogP contribution in [0.4, 0.5) is 10.1 Å². The molecule has 7 rings (SSSR count). The minimum Gasteiger partial charge on any atom is -0.481 e. The zero-order valence-electron chi connectivity index (χ0n) is 22.7. The maximum absolute atomic E-state index is 14.5. The molecule has 13 heteroatoms. The number of pyridine rings is 1. The van der Waals surface area contributed by atoms with Gasteiger partial charge in [0, 0.05) is 61.2 Å². The third kappa shape index (κ3) is 4.57. The lowest BCUT2D eigenvalue weighted by molar-refractivity contribution is -0.124. The number of H-pyrrole nitrogens is 1. The summed E-state index contributed by atoms with van der Waals surface area (Å²) in [5, 5.41) is 10.5. The van der Waals surface area contributed by atoms with E-state index in [2.05, 4.69) is 35.4 Å². The van der Waals surface area contributed by atoms with E-state index in [-0.39, 0.29) is 46.5 Å². The number of anilines is 1. The molecule has 41 heavy (non-hydrogen) atoms. The van der Waals surface area contributed by atoms with Gasteiger partial charge in [0.05, 0.1) is 37.1 Å². The molecule has 4 fully saturated rings. The summed E-state index contributed by atoms with van der Waals surface area (Å²) < 4.78 is 19.6. The number of aromatic nitrogens is 5. The Morgan fingerprint density at radius 3 is 2.78 bits per heavy atom. The fraction of sp³-hybridized carbons (Fsp3) is 0.500. The number of piperidine rings is 1. The highest BCUT2D eigenvalue weighted by atomic mass is 19.1. The van der Waals surface area contributed by atoms with E-state index >= 15 is 0 Å². The number of nitrogens with two attached hydrogens (primary N) is 1. The molecule has 2 saturated carbocycles. The minimum atomic E-state index is -0.572. The van der Waals surface area contributed by atoms with Gasteiger partial charge in [0.2, 0.25) is 11.8 Å². The Bertz CT molecular complexity index is 1500. The number of carbonyl (C=O) groups is 2. The summed E-state index contributed by atoms with van der Waals surface area (Å²) in [4.78, 5) is 43.4. The number of methoxy groups -OCH3 is 1. The van der Waals surface area contributed by atoms with Gasteiger partial charge in [0.15, 0.2) is 5.82 Å². The van der Waals surface area contributed by atoms with Gasteiger partial charge in [-0.3, -0.25) is 14.7 Å². The predicted octanol–water partition coefficient (Wildman–Crippen LogP) is 1.30. The Balaban J connectivity index is 1.10. The molecule has 0 radical (unpaired) electrons. The number of carbonyl (C=O) groups excluding carboxylic acids is 2. The van der Waals surface area contributed by atoms with Crippen LogP contribution in [0.1, 0.15) is 42.0 Å². The average Bonchev–Trinajstić information content (AvgIpc) is 3.85. The van der Waals surface area contributed by atoms with Crippen LogP contribution in [0.25, 0.3) is 11.3 Å². The highest BCUT2D eigenvalue weighted by molar-refractivity contribution is 5.94. The van der Waals surface area contributed by atoms with Gasteiger partial charge in [-0.15, -0.1) is 0 Å². The molecule has 0 bridgehead atoms. The van der Waals surface area contributed by atoms with E-state index in [9.17, 15) is 14.0 Å². The third-order valence-electron chi connectivity index (χ3n) is 9.18. The van der Waals surface area contributed by atoms with Gasteiger partial charge in [-0.2, -0.15) is 5.10 Å². The minimum absolute atomic E-state index is 0.0933. The first-order valence-corrected chi connectivity index (χ1v) is 14.0.